The molecule has 0 aliphatic heterocycles. The van der Waals surface area contributed by atoms with Crippen LogP contribution in [0.25, 0.3) is 27.8 Å². The molecule has 0 unspecified atom stereocenters. The van der Waals surface area contributed by atoms with Crippen LogP contribution < -0.4 is 5.43 Å². The molecule has 1 amide bonds. The van der Waals surface area contributed by atoms with E-state index in [1.165, 1.54) is 0 Å². The molecule has 2 aromatic heterocycles. The number of hydrogen-bond donors (Lipinski definition) is 1. The van der Waals surface area contributed by atoms with Gasteiger partial charge in [0, 0.05) is 36.6 Å². The van der Waals surface area contributed by atoms with E-state index < -0.39 is 11.4 Å². The maximum absolute atomic E-state index is 13.2. The lowest BCUT2D eigenvalue weighted by Gasteiger charge is -2.23. The summed E-state index contributed by atoms with van der Waals surface area (Å²) >= 11 is 0. The molecule has 5 rings (SSSR count). The van der Waals surface area contributed by atoms with Crippen molar-refractivity contribution in [2.45, 2.75) is 44.6 Å². The van der Waals surface area contributed by atoms with E-state index in [1.807, 2.05) is 62.4 Å². The van der Waals surface area contributed by atoms with Gasteiger partial charge in [-0.2, -0.15) is 0 Å². The molecular weight excluding hydrogens is 466 g/mol. The fraction of sp³-hybridized carbons (Fsp3) is 0.267. The van der Waals surface area contributed by atoms with E-state index in [2.05, 4.69) is 4.98 Å². The predicted molar refractivity (Wildman–Crippen MR) is 143 cm³/mol. The van der Waals surface area contributed by atoms with Crippen LogP contribution in [0.3, 0.4) is 0 Å². The zero-order chi connectivity index (χ0) is 26.3. The van der Waals surface area contributed by atoms with Gasteiger partial charge in [0.15, 0.2) is 0 Å². The molecule has 0 spiro atoms. The van der Waals surface area contributed by atoms with Crippen LogP contribution in [0.1, 0.15) is 49.0 Å². The third-order valence-corrected chi connectivity index (χ3v) is 7.12. The number of rotatable bonds is 7. The van der Waals surface area contributed by atoms with Gasteiger partial charge in [-0.25, -0.2) is 4.98 Å². The second-order valence-electron chi connectivity index (χ2n) is 10.3. The van der Waals surface area contributed by atoms with Crippen molar-refractivity contribution in [2.75, 3.05) is 7.05 Å². The number of benzene rings is 2. The van der Waals surface area contributed by atoms with Gasteiger partial charge < -0.3 is 14.6 Å². The number of carbonyl (C=O) groups excluding carboxylic acids is 1. The van der Waals surface area contributed by atoms with E-state index in [1.54, 1.807) is 41.0 Å². The first-order valence-electron chi connectivity index (χ1n) is 12.4. The molecule has 7 heteroatoms. The van der Waals surface area contributed by atoms with Gasteiger partial charge >= 0.3 is 5.97 Å². The highest BCUT2D eigenvalue weighted by molar-refractivity contribution is 5.97. The number of pyridine rings is 2. The highest BCUT2D eigenvalue weighted by Crippen LogP contribution is 2.31. The summed E-state index contributed by atoms with van der Waals surface area (Å²) in [6.45, 7) is 3.84. The first-order valence-corrected chi connectivity index (χ1v) is 12.4. The zero-order valence-electron chi connectivity index (χ0n) is 21.1. The molecule has 2 heterocycles. The number of carbonyl (C=O) groups is 2. The van der Waals surface area contributed by atoms with Crippen LogP contribution in [0.2, 0.25) is 0 Å². The summed E-state index contributed by atoms with van der Waals surface area (Å²) in [6.07, 6.45) is 5.21. The number of amides is 1. The van der Waals surface area contributed by atoms with Crippen LogP contribution in [-0.2, 0) is 10.2 Å². The molecule has 1 aliphatic carbocycles. The Kier molecular flexibility index (Phi) is 6.15. The molecule has 37 heavy (non-hydrogen) atoms. The summed E-state index contributed by atoms with van der Waals surface area (Å²) in [4.78, 5) is 43.8. The van der Waals surface area contributed by atoms with Crippen molar-refractivity contribution in [3.8, 4) is 16.8 Å². The van der Waals surface area contributed by atoms with Gasteiger partial charge in [0.2, 0.25) is 5.43 Å². The van der Waals surface area contributed by atoms with Crippen molar-refractivity contribution in [3.63, 3.8) is 0 Å². The molecule has 0 atom stereocenters. The largest absolute Gasteiger partial charge is 0.481 e. The molecule has 0 radical (unpaired) electrons. The Morgan fingerprint density at radius 3 is 2.46 bits per heavy atom. The van der Waals surface area contributed by atoms with Gasteiger partial charge in [0.1, 0.15) is 11.2 Å². The fourth-order valence-electron chi connectivity index (χ4n) is 4.76. The maximum Gasteiger partial charge on any atom is 0.304 e. The number of aromatic nitrogens is 2. The molecule has 188 valence electrons. The summed E-state index contributed by atoms with van der Waals surface area (Å²) in [5.41, 5.74) is 3.47. The average Bonchev–Trinajstić information content (AvgIpc) is 3.73. The Hall–Kier alpha value is -4.26. The Morgan fingerprint density at radius 2 is 1.78 bits per heavy atom. The Morgan fingerprint density at radius 1 is 1.05 bits per heavy atom. The van der Waals surface area contributed by atoms with E-state index in [0.29, 0.717) is 11.0 Å². The summed E-state index contributed by atoms with van der Waals surface area (Å²) < 4.78 is 1.80. The first-order chi connectivity index (χ1) is 17.7. The number of hydrogen-bond acceptors (Lipinski definition) is 4. The smallest absolute Gasteiger partial charge is 0.304 e. The maximum atomic E-state index is 13.2. The quantitative estimate of drug-likeness (QED) is 0.388. The van der Waals surface area contributed by atoms with Crippen LogP contribution >= 0.6 is 0 Å². The van der Waals surface area contributed by atoms with Crippen LogP contribution in [0, 0.1) is 0 Å². The van der Waals surface area contributed by atoms with Gasteiger partial charge in [-0.1, -0.05) is 50.2 Å². The van der Waals surface area contributed by atoms with Gasteiger partial charge in [-0.3, -0.25) is 14.4 Å². The van der Waals surface area contributed by atoms with E-state index in [9.17, 15) is 19.5 Å². The Bertz CT molecular complexity index is 1570. The van der Waals surface area contributed by atoms with Gasteiger partial charge in [-0.15, -0.1) is 0 Å². The van der Waals surface area contributed by atoms with Crippen LogP contribution in [0.5, 0.6) is 0 Å². The van der Waals surface area contributed by atoms with Gasteiger partial charge in [-0.05, 0) is 53.8 Å². The third-order valence-electron chi connectivity index (χ3n) is 7.12. The van der Waals surface area contributed by atoms with Gasteiger partial charge in [0.05, 0.1) is 11.8 Å². The second-order valence-corrected chi connectivity index (χ2v) is 10.3. The molecule has 0 bridgehead atoms. The molecule has 1 saturated carbocycles. The van der Waals surface area contributed by atoms with Crippen LogP contribution in [0.4, 0.5) is 0 Å². The van der Waals surface area contributed by atoms with Crippen molar-refractivity contribution in [2.24, 2.45) is 0 Å². The van der Waals surface area contributed by atoms with Crippen molar-refractivity contribution >= 4 is 22.9 Å². The normalized spacial score (nSPS) is 13.5. The minimum Gasteiger partial charge on any atom is -0.481 e. The number of fused-ring (bicyclic) bond motifs is 1. The predicted octanol–water partition coefficient (Wildman–Crippen LogP) is 5.04. The van der Waals surface area contributed by atoms with Crippen molar-refractivity contribution in [1.29, 1.82) is 0 Å². The molecule has 7 nitrogen and oxygen atoms in total. The Labute approximate surface area is 215 Å². The minimum absolute atomic E-state index is 0.0469. The summed E-state index contributed by atoms with van der Waals surface area (Å²) in [7, 11) is 1.75. The summed E-state index contributed by atoms with van der Waals surface area (Å²) in [5.74, 6) is -1.10. The molecular formula is C30H29N3O4. The fourth-order valence-corrected chi connectivity index (χ4v) is 4.76. The van der Waals surface area contributed by atoms with Crippen molar-refractivity contribution in [1.82, 2.24) is 14.5 Å². The third kappa shape index (κ3) is 4.77. The second kappa shape index (κ2) is 9.32. The average molecular weight is 496 g/mol. The molecule has 0 saturated heterocycles. The first kappa shape index (κ1) is 24.4. The van der Waals surface area contributed by atoms with Crippen molar-refractivity contribution in [3.05, 3.63) is 94.4 Å². The lowest BCUT2D eigenvalue weighted by atomic mass is 9.81. The lowest BCUT2D eigenvalue weighted by molar-refractivity contribution is -0.138. The van der Waals surface area contributed by atoms with E-state index >= 15 is 0 Å². The summed E-state index contributed by atoms with van der Waals surface area (Å²) in [6, 6.07) is 19.3. The van der Waals surface area contributed by atoms with Gasteiger partial charge in [0.25, 0.3) is 5.91 Å². The number of carboxylic acids is 1. The highest BCUT2D eigenvalue weighted by atomic mass is 16.4. The van der Waals surface area contributed by atoms with E-state index in [-0.39, 0.29) is 29.4 Å². The monoisotopic (exact) mass is 495 g/mol. The van der Waals surface area contributed by atoms with Crippen LogP contribution in [-0.4, -0.2) is 44.5 Å². The van der Waals surface area contributed by atoms with E-state index in [0.717, 1.165) is 35.2 Å². The number of nitrogens with zero attached hydrogens (tertiary/aromatic N) is 3. The minimum atomic E-state index is -0.829. The van der Waals surface area contributed by atoms with E-state index in [4.69, 9.17) is 0 Å². The number of aliphatic carboxylic acids is 1. The Balaban J connectivity index is 1.57. The molecule has 1 aliphatic rings. The molecule has 1 fully saturated rings. The highest BCUT2D eigenvalue weighted by Gasteiger charge is 2.32. The lowest BCUT2D eigenvalue weighted by Crippen LogP contribution is -2.33. The standard InChI is InChI=1S/C30H29N3O4/c1-30(2,17-26(34)35)21-11-9-19(10-12-21)20-6-4-7-23(16-20)33-18-25(29(37)32(3)22-13-14-22)27(36)24-8-5-15-31-28(24)33/h4-12,15-16,18,22H,13-14,17H2,1-3H3,(H,34,35). The van der Waals surface area contributed by atoms with Crippen LogP contribution in [0.15, 0.2) is 77.9 Å². The topological polar surface area (TPSA) is 92.5 Å². The number of carboxylic acid groups (broad SMARTS) is 1. The van der Waals surface area contributed by atoms with Crippen molar-refractivity contribution < 1.29 is 14.7 Å². The molecule has 1 N–H and O–H groups in total. The SMILES string of the molecule is CN(C(=O)c1cn(-c2cccc(-c3ccc(C(C)(C)CC(=O)O)cc3)c2)c2ncccc2c1=O)C1CC1. The zero-order valence-corrected chi connectivity index (χ0v) is 21.1. The molecule has 4 aromatic rings. The molecule has 2 aromatic carbocycles. The summed E-state index contributed by atoms with van der Waals surface area (Å²) in [5, 5.41) is 9.63.